The molecular formula is C27H40N3O2+. The van der Waals surface area contributed by atoms with E-state index in [4.69, 9.17) is 4.74 Å². The Bertz CT molecular complexity index is 819. The van der Waals surface area contributed by atoms with Crippen molar-refractivity contribution in [3.63, 3.8) is 0 Å². The number of hydrogen-bond acceptors (Lipinski definition) is 3. The highest BCUT2D eigenvalue weighted by molar-refractivity contribution is 5.91. The van der Waals surface area contributed by atoms with Crippen LogP contribution in [0.15, 0.2) is 54.6 Å². The zero-order valence-corrected chi connectivity index (χ0v) is 20.0. The molecule has 1 amide bonds. The third-order valence-corrected chi connectivity index (χ3v) is 6.79. The van der Waals surface area contributed by atoms with Gasteiger partial charge in [0.2, 0.25) is 0 Å². The Kier molecular flexibility index (Phi) is 9.57. The molecule has 5 nitrogen and oxygen atoms in total. The fraction of sp³-hybridized carbons (Fsp3) is 0.519. The summed E-state index contributed by atoms with van der Waals surface area (Å²) in [6, 6.07) is 18.7. The summed E-state index contributed by atoms with van der Waals surface area (Å²) in [4.78, 5) is 16.8. The monoisotopic (exact) mass is 438 g/mol. The van der Waals surface area contributed by atoms with Crippen LogP contribution in [0, 0.1) is 0 Å². The van der Waals surface area contributed by atoms with Gasteiger partial charge in [0, 0.05) is 31.6 Å². The lowest BCUT2D eigenvalue weighted by Gasteiger charge is -2.32. The third-order valence-electron chi connectivity index (χ3n) is 6.79. The number of piperidine rings is 1. The number of nitrogens with one attached hydrogen (secondary N) is 2. The number of para-hydroxylation sites is 1. The van der Waals surface area contributed by atoms with Gasteiger partial charge in [0.1, 0.15) is 6.10 Å². The van der Waals surface area contributed by atoms with Crippen LogP contribution in [0.5, 0.6) is 0 Å². The molecule has 1 aliphatic rings. The third kappa shape index (κ3) is 7.07. The van der Waals surface area contributed by atoms with Gasteiger partial charge in [0.15, 0.2) is 0 Å². The minimum atomic E-state index is -0.359. The molecule has 0 bridgehead atoms. The Morgan fingerprint density at radius 2 is 1.78 bits per heavy atom. The van der Waals surface area contributed by atoms with Gasteiger partial charge in [-0.3, -0.25) is 5.32 Å². The van der Waals surface area contributed by atoms with E-state index in [-0.39, 0.29) is 12.2 Å². The van der Waals surface area contributed by atoms with E-state index >= 15 is 0 Å². The highest BCUT2D eigenvalue weighted by Crippen LogP contribution is 2.28. The molecule has 2 atom stereocenters. The molecule has 2 aromatic carbocycles. The minimum Gasteiger partial charge on any atom is -0.446 e. The molecule has 1 fully saturated rings. The van der Waals surface area contributed by atoms with Gasteiger partial charge in [0.05, 0.1) is 24.8 Å². The molecule has 174 valence electrons. The SMILES string of the molecule is CCC(C)[NH+](CC)CCCN1CCC(OC(=O)Nc2ccccc2-c2ccccc2)CC1. The molecule has 2 aromatic rings. The molecule has 0 aliphatic carbocycles. The van der Waals surface area contributed by atoms with Crippen molar-refractivity contribution in [3.05, 3.63) is 54.6 Å². The summed E-state index contributed by atoms with van der Waals surface area (Å²) in [6.07, 6.45) is 3.92. The van der Waals surface area contributed by atoms with E-state index in [1.54, 1.807) is 4.90 Å². The summed E-state index contributed by atoms with van der Waals surface area (Å²) >= 11 is 0. The number of amides is 1. The zero-order chi connectivity index (χ0) is 22.8. The molecule has 32 heavy (non-hydrogen) atoms. The fourth-order valence-electron chi connectivity index (χ4n) is 4.59. The Morgan fingerprint density at radius 1 is 1.09 bits per heavy atom. The second-order valence-electron chi connectivity index (χ2n) is 8.91. The number of nitrogens with zero attached hydrogens (tertiary/aromatic N) is 1. The Morgan fingerprint density at radius 3 is 2.47 bits per heavy atom. The van der Waals surface area contributed by atoms with Crippen molar-refractivity contribution < 1.29 is 14.4 Å². The quantitative estimate of drug-likeness (QED) is 0.576. The first-order valence-corrected chi connectivity index (χ1v) is 12.3. The number of likely N-dealkylation sites (tertiary alicyclic amines) is 1. The smallest absolute Gasteiger partial charge is 0.411 e. The van der Waals surface area contributed by atoms with Crippen molar-refractivity contribution in [1.29, 1.82) is 0 Å². The number of quaternary nitrogens is 1. The topological polar surface area (TPSA) is 46.0 Å². The minimum absolute atomic E-state index is 0.00647. The average Bonchev–Trinajstić information content (AvgIpc) is 2.83. The molecular weight excluding hydrogens is 398 g/mol. The molecule has 1 aliphatic heterocycles. The van der Waals surface area contributed by atoms with Crippen molar-refractivity contribution in [2.75, 3.05) is 38.0 Å². The number of rotatable bonds is 10. The highest BCUT2D eigenvalue weighted by atomic mass is 16.6. The number of ether oxygens (including phenoxy) is 1. The van der Waals surface area contributed by atoms with Crippen LogP contribution in [0.4, 0.5) is 10.5 Å². The van der Waals surface area contributed by atoms with Crippen LogP contribution in [-0.4, -0.2) is 55.9 Å². The molecule has 1 saturated heterocycles. The van der Waals surface area contributed by atoms with Gasteiger partial charge in [-0.25, -0.2) is 4.79 Å². The highest BCUT2D eigenvalue weighted by Gasteiger charge is 2.23. The van der Waals surface area contributed by atoms with Crippen LogP contribution in [0.2, 0.25) is 0 Å². The lowest BCUT2D eigenvalue weighted by atomic mass is 10.0. The van der Waals surface area contributed by atoms with E-state index < -0.39 is 0 Å². The van der Waals surface area contributed by atoms with Crippen molar-refractivity contribution in [2.45, 2.75) is 58.6 Å². The predicted octanol–water partition coefficient (Wildman–Crippen LogP) is 4.46. The standard InChI is InChI=1S/C27H39N3O2/c1-4-22(3)30(5-2)19-11-18-29-20-16-24(17-21-29)32-27(31)28-26-15-10-9-14-25(26)23-12-7-6-8-13-23/h6-10,12-15,22,24H,4-5,11,16-21H2,1-3H3,(H,28,31)/p+1. The fourth-order valence-corrected chi connectivity index (χ4v) is 4.59. The van der Waals surface area contributed by atoms with Gasteiger partial charge >= 0.3 is 6.09 Å². The number of carbonyl (C=O) groups excluding carboxylic acids is 1. The van der Waals surface area contributed by atoms with Gasteiger partial charge in [0.25, 0.3) is 0 Å². The van der Waals surface area contributed by atoms with E-state index in [9.17, 15) is 4.79 Å². The lowest BCUT2D eigenvalue weighted by Crippen LogP contribution is -3.15. The second kappa shape index (κ2) is 12.6. The van der Waals surface area contributed by atoms with Gasteiger partial charge in [-0.05, 0) is 44.7 Å². The van der Waals surface area contributed by atoms with E-state index in [1.165, 1.54) is 25.9 Å². The summed E-state index contributed by atoms with van der Waals surface area (Å²) < 4.78 is 5.76. The van der Waals surface area contributed by atoms with E-state index in [0.717, 1.165) is 55.3 Å². The largest absolute Gasteiger partial charge is 0.446 e. The maximum atomic E-state index is 12.6. The summed E-state index contributed by atoms with van der Waals surface area (Å²) in [5, 5.41) is 2.96. The molecule has 0 spiro atoms. The number of anilines is 1. The number of hydrogen-bond donors (Lipinski definition) is 2. The summed E-state index contributed by atoms with van der Waals surface area (Å²) in [5.74, 6) is 0. The van der Waals surface area contributed by atoms with Crippen LogP contribution < -0.4 is 10.2 Å². The number of benzene rings is 2. The van der Waals surface area contributed by atoms with Crippen LogP contribution >= 0.6 is 0 Å². The van der Waals surface area contributed by atoms with Crippen molar-refractivity contribution >= 4 is 11.8 Å². The summed E-state index contributed by atoms with van der Waals surface area (Å²) in [7, 11) is 0. The normalized spacial score (nSPS) is 17.0. The van der Waals surface area contributed by atoms with Crippen LogP contribution in [0.1, 0.15) is 46.5 Å². The van der Waals surface area contributed by atoms with Gasteiger partial charge in [-0.15, -0.1) is 0 Å². The van der Waals surface area contributed by atoms with Gasteiger partial charge < -0.3 is 14.5 Å². The average molecular weight is 439 g/mol. The van der Waals surface area contributed by atoms with Crippen molar-refractivity contribution in [1.82, 2.24) is 4.90 Å². The maximum Gasteiger partial charge on any atom is 0.411 e. The first-order chi connectivity index (χ1) is 15.6. The molecule has 0 aromatic heterocycles. The summed E-state index contributed by atoms with van der Waals surface area (Å²) in [6.45, 7) is 12.5. The van der Waals surface area contributed by atoms with Crippen molar-refractivity contribution in [3.8, 4) is 11.1 Å². The van der Waals surface area contributed by atoms with E-state index in [0.29, 0.717) is 0 Å². The molecule has 0 saturated carbocycles. The molecule has 5 heteroatoms. The molecule has 3 rings (SSSR count). The Labute approximate surface area is 193 Å². The molecule has 0 radical (unpaired) electrons. The predicted molar refractivity (Wildman–Crippen MR) is 132 cm³/mol. The zero-order valence-electron chi connectivity index (χ0n) is 20.0. The first-order valence-electron chi connectivity index (χ1n) is 12.3. The van der Waals surface area contributed by atoms with Gasteiger partial charge in [-0.2, -0.15) is 0 Å². The van der Waals surface area contributed by atoms with Crippen LogP contribution in [-0.2, 0) is 4.74 Å². The maximum absolute atomic E-state index is 12.6. The van der Waals surface area contributed by atoms with Gasteiger partial charge in [-0.1, -0.05) is 55.5 Å². The van der Waals surface area contributed by atoms with Crippen molar-refractivity contribution in [2.24, 2.45) is 0 Å². The Balaban J connectivity index is 1.42. The molecule has 2 N–H and O–H groups in total. The summed E-state index contributed by atoms with van der Waals surface area (Å²) in [5.41, 5.74) is 2.86. The lowest BCUT2D eigenvalue weighted by molar-refractivity contribution is -0.922. The van der Waals surface area contributed by atoms with E-state index in [2.05, 4.69) is 31.0 Å². The number of carbonyl (C=O) groups is 1. The molecule has 2 unspecified atom stereocenters. The second-order valence-corrected chi connectivity index (χ2v) is 8.91. The van der Waals surface area contributed by atoms with Crippen LogP contribution in [0.3, 0.4) is 0 Å². The molecule has 1 heterocycles. The van der Waals surface area contributed by atoms with E-state index in [1.807, 2.05) is 54.6 Å². The van der Waals surface area contributed by atoms with Crippen LogP contribution in [0.25, 0.3) is 11.1 Å². The Hall–Kier alpha value is -2.37. The first kappa shape index (κ1) is 24.3.